The molecule has 0 aliphatic carbocycles. The van der Waals surface area contributed by atoms with Gasteiger partial charge >= 0.3 is 0 Å². The number of nitrogens with zero attached hydrogens (tertiary/aromatic N) is 2. The molecule has 0 bridgehead atoms. The summed E-state index contributed by atoms with van der Waals surface area (Å²) in [6.07, 6.45) is 1.17. The van der Waals surface area contributed by atoms with Gasteiger partial charge in [0.1, 0.15) is 5.82 Å². The molecule has 1 N–H and O–H groups in total. The minimum atomic E-state index is 0.473. The molecule has 0 amide bonds. The van der Waals surface area contributed by atoms with Gasteiger partial charge in [-0.05, 0) is 50.4 Å². The van der Waals surface area contributed by atoms with Crippen LogP contribution in [0.3, 0.4) is 0 Å². The molecule has 0 fully saturated rings. The topological polar surface area (TPSA) is 28.2 Å². The summed E-state index contributed by atoms with van der Waals surface area (Å²) in [4.78, 5) is 7.12. The normalized spacial score (nSPS) is 11.1. The van der Waals surface area contributed by atoms with Crippen LogP contribution in [0.1, 0.15) is 58.2 Å². The third-order valence-corrected chi connectivity index (χ3v) is 3.33. The van der Waals surface area contributed by atoms with Crippen LogP contribution in [0, 0.1) is 0 Å². The van der Waals surface area contributed by atoms with E-state index in [1.54, 1.807) is 0 Å². The summed E-state index contributed by atoms with van der Waals surface area (Å²) in [5, 5.41) is 3.47. The molecule has 0 saturated carbocycles. The van der Waals surface area contributed by atoms with Gasteiger partial charge in [0.25, 0.3) is 0 Å². The fourth-order valence-electron chi connectivity index (χ4n) is 2.11. The molecule has 3 nitrogen and oxygen atoms in total. The smallest absolute Gasteiger partial charge is 0.129 e. The maximum atomic E-state index is 4.80. The van der Waals surface area contributed by atoms with E-state index in [4.69, 9.17) is 4.98 Å². The van der Waals surface area contributed by atoms with Crippen LogP contribution in [0.5, 0.6) is 0 Å². The zero-order valence-electron chi connectivity index (χ0n) is 13.2. The van der Waals surface area contributed by atoms with Gasteiger partial charge in [-0.1, -0.05) is 20.8 Å². The molecule has 0 unspecified atom stereocenters. The van der Waals surface area contributed by atoms with Gasteiger partial charge in [-0.2, -0.15) is 0 Å². The highest BCUT2D eigenvalue weighted by Crippen LogP contribution is 2.20. The molecular formula is C16H29N3. The van der Waals surface area contributed by atoms with Crippen LogP contribution in [-0.4, -0.2) is 24.6 Å². The summed E-state index contributed by atoms with van der Waals surface area (Å²) in [7, 11) is 0. The molecule has 19 heavy (non-hydrogen) atoms. The monoisotopic (exact) mass is 263 g/mol. The Morgan fingerprint density at radius 2 is 1.84 bits per heavy atom. The molecule has 0 radical (unpaired) electrons. The first-order valence-corrected chi connectivity index (χ1v) is 7.58. The van der Waals surface area contributed by atoms with Crippen LogP contribution in [0.25, 0.3) is 0 Å². The Bertz CT molecular complexity index is 370. The zero-order valence-corrected chi connectivity index (χ0v) is 13.2. The van der Waals surface area contributed by atoms with Crippen LogP contribution in [0.15, 0.2) is 12.1 Å². The largest absolute Gasteiger partial charge is 0.357 e. The zero-order chi connectivity index (χ0) is 14.3. The third-order valence-electron chi connectivity index (χ3n) is 3.33. The van der Waals surface area contributed by atoms with E-state index in [0.717, 1.165) is 32.0 Å². The number of hydrogen-bond donors (Lipinski definition) is 1. The Morgan fingerprint density at radius 1 is 1.16 bits per heavy atom. The van der Waals surface area contributed by atoms with Gasteiger partial charge in [-0.15, -0.1) is 0 Å². The second-order valence-corrected chi connectivity index (χ2v) is 5.26. The quantitative estimate of drug-likeness (QED) is 0.727. The van der Waals surface area contributed by atoms with Crippen molar-refractivity contribution in [3.63, 3.8) is 0 Å². The van der Waals surface area contributed by atoms with Gasteiger partial charge in [0.05, 0.1) is 0 Å². The molecule has 0 aliphatic heterocycles. The molecule has 1 aromatic rings. The Balaban J connectivity index is 2.96. The van der Waals surface area contributed by atoms with Crippen molar-refractivity contribution in [3.05, 3.63) is 23.4 Å². The number of nitrogens with one attached hydrogen (secondary N) is 1. The van der Waals surface area contributed by atoms with Crippen molar-refractivity contribution in [2.24, 2.45) is 0 Å². The number of anilines is 1. The maximum absolute atomic E-state index is 4.80. The summed E-state index contributed by atoms with van der Waals surface area (Å²) >= 11 is 0. The predicted molar refractivity (Wildman–Crippen MR) is 83.9 cm³/mol. The maximum Gasteiger partial charge on any atom is 0.129 e. The standard InChI is InChI=1S/C16H29N3/c1-6-9-17-12-14-10-15(13(4)5)18-16(11-14)19(7-2)8-3/h10-11,13,17H,6-9,12H2,1-5H3. The summed E-state index contributed by atoms with van der Waals surface area (Å²) in [6.45, 7) is 15.0. The molecule has 0 aliphatic rings. The van der Waals surface area contributed by atoms with Gasteiger partial charge in [-0.25, -0.2) is 4.98 Å². The van der Waals surface area contributed by atoms with Gasteiger partial charge in [0, 0.05) is 25.3 Å². The Labute approximate surface area is 118 Å². The van der Waals surface area contributed by atoms with Crippen molar-refractivity contribution in [2.75, 3.05) is 24.5 Å². The number of rotatable bonds is 8. The highest BCUT2D eigenvalue weighted by atomic mass is 15.2. The van der Waals surface area contributed by atoms with Crippen LogP contribution >= 0.6 is 0 Å². The fraction of sp³-hybridized carbons (Fsp3) is 0.688. The highest BCUT2D eigenvalue weighted by Gasteiger charge is 2.09. The molecule has 0 spiro atoms. The van der Waals surface area contributed by atoms with Crippen LogP contribution in [-0.2, 0) is 6.54 Å². The highest BCUT2D eigenvalue weighted by molar-refractivity contribution is 5.43. The first-order chi connectivity index (χ1) is 9.12. The molecule has 1 aromatic heterocycles. The summed E-state index contributed by atoms with van der Waals surface area (Å²) in [5.41, 5.74) is 2.53. The average Bonchev–Trinajstić information content (AvgIpc) is 2.40. The minimum absolute atomic E-state index is 0.473. The lowest BCUT2D eigenvalue weighted by atomic mass is 10.1. The molecule has 108 valence electrons. The number of hydrogen-bond acceptors (Lipinski definition) is 3. The van der Waals surface area contributed by atoms with Crippen molar-refractivity contribution >= 4 is 5.82 Å². The van der Waals surface area contributed by atoms with Crippen molar-refractivity contribution < 1.29 is 0 Å². The fourth-order valence-corrected chi connectivity index (χ4v) is 2.11. The van der Waals surface area contributed by atoms with E-state index in [9.17, 15) is 0 Å². The van der Waals surface area contributed by atoms with E-state index < -0.39 is 0 Å². The van der Waals surface area contributed by atoms with Gasteiger partial charge in [0.2, 0.25) is 0 Å². The SMILES string of the molecule is CCCNCc1cc(C(C)C)nc(N(CC)CC)c1. The Hall–Kier alpha value is -1.09. The van der Waals surface area contributed by atoms with Crippen molar-refractivity contribution in [2.45, 2.75) is 53.5 Å². The average molecular weight is 263 g/mol. The van der Waals surface area contributed by atoms with Crippen molar-refractivity contribution in [3.8, 4) is 0 Å². The van der Waals surface area contributed by atoms with Gasteiger partial charge < -0.3 is 10.2 Å². The van der Waals surface area contributed by atoms with E-state index >= 15 is 0 Å². The van der Waals surface area contributed by atoms with Crippen molar-refractivity contribution in [1.82, 2.24) is 10.3 Å². The Kier molecular flexibility index (Phi) is 6.85. The van der Waals surface area contributed by atoms with Crippen LogP contribution in [0.2, 0.25) is 0 Å². The molecule has 0 atom stereocenters. The van der Waals surface area contributed by atoms with Gasteiger partial charge in [0.15, 0.2) is 0 Å². The second kappa shape index (κ2) is 8.16. The van der Waals surface area contributed by atoms with Crippen LogP contribution < -0.4 is 10.2 Å². The summed E-state index contributed by atoms with van der Waals surface area (Å²) < 4.78 is 0. The van der Waals surface area contributed by atoms with E-state index in [0.29, 0.717) is 5.92 Å². The minimum Gasteiger partial charge on any atom is -0.357 e. The lowest BCUT2D eigenvalue weighted by Gasteiger charge is -2.22. The molecule has 1 heterocycles. The summed E-state index contributed by atoms with van der Waals surface area (Å²) in [6, 6.07) is 4.46. The molecular weight excluding hydrogens is 234 g/mol. The number of aromatic nitrogens is 1. The molecule has 0 aromatic carbocycles. The third kappa shape index (κ3) is 4.83. The first kappa shape index (κ1) is 16.0. The Morgan fingerprint density at radius 3 is 2.37 bits per heavy atom. The van der Waals surface area contributed by atoms with Gasteiger partial charge in [-0.3, -0.25) is 0 Å². The summed E-state index contributed by atoms with van der Waals surface area (Å²) in [5.74, 6) is 1.59. The molecule has 0 saturated heterocycles. The molecule has 3 heteroatoms. The van der Waals surface area contributed by atoms with E-state index in [2.05, 4.69) is 57.0 Å². The predicted octanol–water partition coefficient (Wildman–Crippen LogP) is 3.55. The van der Waals surface area contributed by atoms with Crippen molar-refractivity contribution in [1.29, 1.82) is 0 Å². The molecule has 1 rings (SSSR count). The lowest BCUT2D eigenvalue weighted by molar-refractivity contribution is 0.671. The number of pyridine rings is 1. The van der Waals surface area contributed by atoms with E-state index in [-0.39, 0.29) is 0 Å². The lowest BCUT2D eigenvalue weighted by Crippen LogP contribution is -2.24. The van der Waals surface area contributed by atoms with Crippen LogP contribution in [0.4, 0.5) is 5.82 Å². The van der Waals surface area contributed by atoms with E-state index in [1.807, 2.05) is 0 Å². The second-order valence-electron chi connectivity index (χ2n) is 5.26. The van der Waals surface area contributed by atoms with E-state index in [1.165, 1.54) is 17.7 Å². The first-order valence-electron chi connectivity index (χ1n) is 7.58.